The molecule has 0 aliphatic carbocycles. The highest BCUT2D eigenvalue weighted by Gasteiger charge is 2.32. The number of rotatable bonds is 3. The highest BCUT2D eigenvalue weighted by atomic mass is 16.3. The summed E-state index contributed by atoms with van der Waals surface area (Å²) in [6, 6.07) is 0.0550. The molecule has 0 unspecified atom stereocenters. The Bertz CT molecular complexity index is 360. The van der Waals surface area contributed by atoms with Crippen molar-refractivity contribution in [3.8, 4) is 0 Å². The van der Waals surface area contributed by atoms with Crippen molar-refractivity contribution in [2.24, 2.45) is 0 Å². The number of aliphatic hydroxyl groups excluding tert-OH is 1. The van der Waals surface area contributed by atoms with Crippen molar-refractivity contribution in [2.75, 3.05) is 6.54 Å². The van der Waals surface area contributed by atoms with E-state index in [4.69, 9.17) is 0 Å². The van der Waals surface area contributed by atoms with E-state index in [1.807, 2.05) is 25.7 Å². The zero-order valence-electron chi connectivity index (χ0n) is 10.2. The highest BCUT2D eigenvalue weighted by Crippen LogP contribution is 2.21. The Labute approximate surface area is 97.5 Å². The lowest BCUT2D eigenvalue weighted by Gasteiger charge is -2.28. The van der Waals surface area contributed by atoms with Crippen molar-refractivity contribution in [1.82, 2.24) is 10.2 Å². The first-order chi connectivity index (χ1) is 7.47. The number of aliphatic hydroxyl groups is 1. The van der Waals surface area contributed by atoms with Gasteiger partial charge in [0.2, 0.25) is 0 Å². The average molecular weight is 220 g/mol. The van der Waals surface area contributed by atoms with Crippen molar-refractivity contribution in [3.05, 3.63) is 41.8 Å². The van der Waals surface area contributed by atoms with Gasteiger partial charge in [0.25, 0.3) is 0 Å². The van der Waals surface area contributed by atoms with Crippen LogP contribution in [0.15, 0.2) is 41.8 Å². The minimum absolute atomic E-state index is 0.0550. The first-order valence-electron chi connectivity index (χ1n) is 5.39. The molecule has 3 nitrogen and oxygen atoms in total. The molecule has 1 heterocycles. The number of allylic oxidation sites excluding steroid dienone is 1. The Morgan fingerprint density at radius 1 is 1.50 bits per heavy atom. The molecule has 0 saturated carbocycles. The van der Waals surface area contributed by atoms with Gasteiger partial charge in [0.15, 0.2) is 6.35 Å². The Balaban J connectivity index is 3.03. The van der Waals surface area contributed by atoms with E-state index in [1.165, 1.54) is 0 Å². The summed E-state index contributed by atoms with van der Waals surface area (Å²) in [6.45, 7) is 14.2. The maximum absolute atomic E-state index is 9.86. The van der Waals surface area contributed by atoms with Crippen LogP contribution < -0.4 is 5.32 Å². The fourth-order valence-electron chi connectivity index (χ4n) is 1.87. The summed E-state index contributed by atoms with van der Waals surface area (Å²) in [7, 11) is 0. The third kappa shape index (κ3) is 2.64. The van der Waals surface area contributed by atoms with Crippen molar-refractivity contribution in [2.45, 2.75) is 33.2 Å². The molecule has 1 aliphatic rings. The topological polar surface area (TPSA) is 35.5 Å². The molecule has 0 aromatic carbocycles. The molecule has 0 aromatic rings. The number of hydrogen-bond donors (Lipinski definition) is 2. The standard InChI is InChI=1S/C13H20N2O/c1-6-10(4)12-8-14-13(16)15(12)11(5)7-9(2)3/h6,12-14,16H,1,4,8H2,2-3,5H3/t12-,13+/m1/s1. The molecule has 1 rings (SSSR count). The van der Waals surface area contributed by atoms with Crippen LogP contribution in [0.2, 0.25) is 0 Å². The van der Waals surface area contributed by atoms with E-state index in [1.54, 1.807) is 6.08 Å². The van der Waals surface area contributed by atoms with Crippen molar-refractivity contribution >= 4 is 0 Å². The molecule has 0 spiro atoms. The fourth-order valence-corrected chi connectivity index (χ4v) is 1.87. The summed E-state index contributed by atoms with van der Waals surface area (Å²) in [6.07, 6.45) is 1.06. The summed E-state index contributed by atoms with van der Waals surface area (Å²) in [5.41, 5.74) is 6.10. The molecule has 0 radical (unpaired) electrons. The zero-order valence-corrected chi connectivity index (χ0v) is 10.2. The Morgan fingerprint density at radius 2 is 2.12 bits per heavy atom. The van der Waals surface area contributed by atoms with Gasteiger partial charge in [-0.15, -0.1) is 5.73 Å². The molecule has 0 bridgehead atoms. The van der Waals surface area contributed by atoms with E-state index in [0.717, 1.165) is 16.8 Å². The highest BCUT2D eigenvalue weighted by molar-refractivity contribution is 5.24. The summed E-state index contributed by atoms with van der Waals surface area (Å²) in [5, 5.41) is 12.8. The predicted octanol–water partition coefficient (Wildman–Crippen LogP) is 1.75. The van der Waals surface area contributed by atoms with Crippen molar-refractivity contribution < 1.29 is 5.11 Å². The van der Waals surface area contributed by atoms with Crippen LogP contribution in [0, 0.1) is 0 Å². The normalized spacial score (nSPS) is 23.9. The monoisotopic (exact) mass is 220 g/mol. The van der Waals surface area contributed by atoms with E-state index in [2.05, 4.69) is 24.2 Å². The van der Waals surface area contributed by atoms with Crippen LogP contribution in [0.5, 0.6) is 0 Å². The van der Waals surface area contributed by atoms with Crippen LogP contribution in [-0.2, 0) is 0 Å². The van der Waals surface area contributed by atoms with Gasteiger partial charge in [0.05, 0.1) is 11.7 Å². The minimum atomic E-state index is -0.673. The molecule has 0 aromatic heterocycles. The second-order valence-corrected chi connectivity index (χ2v) is 4.19. The maximum atomic E-state index is 9.86. The van der Waals surface area contributed by atoms with Crippen LogP contribution in [0.25, 0.3) is 0 Å². The smallest absolute Gasteiger partial charge is 0.184 e. The molecule has 2 N–H and O–H groups in total. The molecule has 1 fully saturated rings. The second kappa shape index (κ2) is 5.17. The Morgan fingerprint density at radius 3 is 2.62 bits per heavy atom. The third-order valence-corrected chi connectivity index (χ3v) is 2.60. The molecular formula is C13H20N2O. The van der Waals surface area contributed by atoms with Gasteiger partial charge in [-0.1, -0.05) is 19.2 Å². The summed E-state index contributed by atoms with van der Waals surface area (Å²) < 4.78 is 0. The van der Waals surface area contributed by atoms with E-state index < -0.39 is 6.35 Å². The van der Waals surface area contributed by atoms with E-state index in [9.17, 15) is 5.11 Å². The van der Waals surface area contributed by atoms with Crippen LogP contribution in [0.4, 0.5) is 0 Å². The average Bonchev–Trinajstić information content (AvgIpc) is 2.58. The maximum Gasteiger partial charge on any atom is 0.184 e. The van der Waals surface area contributed by atoms with E-state index >= 15 is 0 Å². The van der Waals surface area contributed by atoms with E-state index in [0.29, 0.717) is 6.54 Å². The number of nitrogens with one attached hydrogen (secondary N) is 1. The van der Waals surface area contributed by atoms with Crippen LogP contribution in [0.3, 0.4) is 0 Å². The SMILES string of the molecule is C=CC(=C)[C@H]1CN[C@H](O)N1C(C)=C=C(C)C. The van der Waals surface area contributed by atoms with Gasteiger partial charge < -0.3 is 10.0 Å². The molecule has 16 heavy (non-hydrogen) atoms. The van der Waals surface area contributed by atoms with Crippen molar-refractivity contribution in [3.63, 3.8) is 0 Å². The quantitative estimate of drug-likeness (QED) is 0.562. The summed E-state index contributed by atoms with van der Waals surface area (Å²) >= 11 is 0. The second-order valence-electron chi connectivity index (χ2n) is 4.19. The molecule has 88 valence electrons. The lowest BCUT2D eigenvalue weighted by atomic mass is 10.1. The zero-order chi connectivity index (χ0) is 12.3. The minimum Gasteiger partial charge on any atom is -0.361 e. The van der Waals surface area contributed by atoms with Crippen molar-refractivity contribution in [1.29, 1.82) is 0 Å². The molecular weight excluding hydrogens is 200 g/mol. The van der Waals surface area contributed by atoms with Crippen LogP contribution in [0.1, 0.15) is 20.8 Å². The lowest BCUT2D eigenvalue weighted by Crippen LogP contribution is -2.37. The number of nitrogens with zero attached hydrogens (tertiary/aromatic N) is 1. The van der Waals surface area contributed by atoms with Crippen LogP contribution in [-0.4, -0.2) is 28.9 Å². The van der Waals surface area contributed by atoms with Gasteiger partial charge in [-0.3, -0.25) is 5.32 Å². The fraction of sp³-hybridized carbons (Fsp3) is 0.462. The molecule has 3 heteroatoms. The van der Waals surface area contributed by atoms with E-state index in [-0.39, 0.29) is 6.04 Å². The molecule has 1 saturated heterocycles. The molecule has 0 amide bonds. The Kier molecular flexibility index (Phi) is 4.13. The summed E-state index contributed by atoms with van der Waals surface area (Å²) in [4.78, 5) is 1.87. The van der Waals surface area contributed by atoms with Gasteiger partial charge in [0.1, 0.15) is 0 Å². The van der Waals surface area contributed by atoms with Gasteiger partial charge in [0, 0.05) is 6.54 Å². The van der Waals surface area contributed by atoms with Crippen LogP contribution >= 0.6 is 0 Å². The largest absolute Gasteiger partial charge is 0.361 e. The van der Waals surface area contributed by atoms with Gasteiger partial charge in [-0.05, 0) is 31.9 Å². The van der Waals surface area contributed by atoms with Gasteiger partial charge >= 0.3 is 0 Å². The number of hydrogen-bond acceptors (Lipinski definition) is 3. The Hall–Kier alpha value is -1.28. The lowest BCUT2D eigenvalue weighted by molar-refractivity contribution is 0.0351. The van der Waals surface area contributed by atoms with Gasteiger partial charge in [-0.25, -0.2) is 0 Å². The van der Waals surface area contributed by atoms with Gasteiger partial charge in [-0.2, -0.15) is 0 Å². The first kappa shape index (κ1) is 12.8. The third-order valence-electron chi connectivity index (χ3n) is 2.60. The first-order valence-corrected chi connectivity index (χ1v) is 5.39. The molecule has 2 atom stereocenters. The molecule has 1 aliphatic heterocycles. The summed E-state index contributed by atoms with van der Waals surface area (Å²) in [5.74, 6) is 0. The predicted molar refractivity (Wildman–Crippen MR) is 66.5 cm³/mol.